The Bertz CT molecular complexity index is 183. The Hall–Kier alpha value is -0.900. The summed E-state index contributed by atoms with van der Waals surface area (Å²) in [6.45, 7) is 2.95. The zero-order valence-corrected chi connectivity index (χ0v) is 7.59. The Labute approximate surface area is 71.5 Å². The number of aliphatic hydroxyl groups is 1. The Morgan fingerprint density at radius 3 is 2.33 bits per heavy atom. The van der Waals surface area contributed by atoms with Crippen LogP contribution in [-0.4, -0.2) is 29.6 Å². The molecule has 0 bridgehead atoms. The Kier molecular flexibility index (Phi) is 3.89. The van der Waals surface area contributed by atoms with Crippen LogP contribution < -0.4 is 0 Å². The predicted octanol–water partition coefficient (Wildman–Crippen LogP) is 0.280. The highest BCUT2D eigenvalue weighted by Gasteiger charge is 2.38. The van der Waals surface area contributed by atoms with Crippen molar-refractivity contribution in [1.29, 1.82) is 0 Å². The first kappa shape index (κ1) is 11.1. The standard InChI is InChI=1S/C8H14O4/c1-4-5-6(9)8(2,11)7(10)12-3/h11H,4-5H2,1-3H3. The maximum absolute atomic E-state index is 11.1. The van der Waals surface area contributed by atoms with Crippen LogP contribution in [0, 0.1) is 0 Å². The quantitative estimate of drug-likeness (QED) is 0.491. The zero-order chi connectivity index (χ0) is 9.78. The lowest BCUT2D eigenvalue weighted by Gasteiger charge is -2.17. The van der Waals surface area contributed by atoms with E-state index in [0.29, 0.717) is 6.42 Å². The third-order valence-electron chi connectivity index (χ3n) is 1.60. The molecule has 0 aliphatic rings. The fourth-order valence-electron chi connectivity index (χ4n) is 0.783. The number of carbonyl (C=O) groups excluding carboxylic acids is 2. The van der Waals surface area contributed by atoms with E-state index in [9.17, 15) is 14.7 Å². The lowest BCUT2D eigenvalue weighted by molar-refractivity contribution is -0.166. The van der Waals surface area contributed by atoms with Gasteiger partial charge >= 0.3 is 5.97 Å². The summed E-state index contributed by atoms with van der Waals surface area (Å²) >= 11 is 0. The second-order valence-electron chi connectivity index (χ2n) is 2.74. The van der Waals surface area contributed by atoms with Gasteiger partial charge in [0.1, 0.15) is 0 Å². The molecule has 0 aliphatic heterocycles. The highest BCUT2D eigenvalue weighted by molar-refractivity contribution is 6.06. The molecule has 0 spiro atoms. The van der Waals surface area contributed by atoms with Gasteiger partial charge in [-0.25, -0.2) is 4.79 Å². The van der Waals surface area contributed by atoms with Gasteiger partial charge in [-0.05, 0) is 13.3 Å². The fourth-order valence-corrected chi connectivity index (χ4v) is 0.783. The zero-order valence-electron chi connectivity index (χ0n) is 7.59. The molecule has 0 rings (SSSR count). The summed E-state index contributed by atoms with van der Waals surface area (Å²) < 4.78 is 4.27. The van der Waals surface area contributed by atoms with Crippen LogP contribution in [0.1, 0.15) is 26.7 Å². The van der Waals surface area contributed by atoms with E-state index in [0.717, 1.165) is 14.0 Å². The number of hydrogen-bond donors (Lipinski definition) is 1. The van der Waals surface area contributed by atoms with Crippen LogP contribution in [0.4, 0.5) is 0 Å². The van der Waals surface area contributed by atoms with E-state index >= 15 is 0 Å². The highest BCUT2D eigenvalue weighted by atomic mass is 16.5. The molecule has 0 amide bonds. The van der Waals surface area contributed by atoms with Crippen LogP contribution in [0.5, 0.6) is 0 Å². The molecule has 0 aromatic rings. The normalized spacial score (nSPS) is 15.0. The monoisotopic (exact) mass is 174 g/mol. The maximum atomic E-state index is 11.1. The first-order valence-electron chi connectivity index (χ1n) is 3.80. The van der Waals surface area contributed by atoms with Gasteiger partial charge in [0.25, 0.3) is 0 Å². The molecule has 0 fully saturated rings. The van der Waals surface area contributed by atoms with Gasteiger partial charge in [-0.15, -0.1) is 0 Å². The third kappa shape index (κ3) is 2.30. The van der Waals surface area contributed by atoms with Gasteiger partial charge < -0.3 is 9.84 Å². The third-order valence-corrected chi connectivity index (χ3v) is 1.60. The van der Waals surface area contributed by atoms with E-state index in [1.165, 1.54) is 0 Å². The maximum Gasteiger partial charge on any atom is 0.345 e. The molecule has 0 aliphatic carbocycles. The average molecular weight is 174 g/mol. The van der Waals surface area contributed by atoms with E-state index in [-0.39, 0.29) is 6.42 Å². The van der Waals surface area contributed by atoms with E-state index in [1.54, 1.807) is 6.92 Å². The minimum atomic E-state index is -1.98. The molecule has 0 saturated carbocycles. The van der Waals surface area contributed by atoms with Crippen molar-refractivity contribution in [2.24, 2.45) is 0 Å². The summed E-state index contributed by atoms with van der Waals surface area (Å²) in [6, 6.07) is 0. The van der Waals surface area contributed by atoms with E-state index in [1.807, 2.05) is 0 Å². The van der Waals surface area contributed by atoms with Gasteiger partial charge in [0.15, 0.2) is 5.78 Å². The second-order valence-corrected chi connectivity index (χ2v) is 2.74. The number of carbonyl (C=O) groups is 2. The number of rotatable bonds is 4. The van der Waals surface area contributed by atoms with Crippen molar-refractivity contribution < 1.29 is 19.4 Å². The van der Waals surface area contributed by atoms with Gasteiger partial charge in [-0.1, -0.05) is 6.92 Å². The summed E-state index contributed by atoms with van der Waals surface area (Å²) in [4.78, 5) is 22.0. The van der Waals surface area contributed by atoms with Crippen molar-refractivity contribution in [2.75, 3.05) is 7.11 Å². The van der Waals surface area contributed by atoms with Crippen LogP contribution in [0.2, 0.25) is 0 Å². The van der Waals surface area contributed by atoms with Crippen molar-refractivity contribution in [3.8, 4) is 0 Å². The van der Waals surface area contributed by atoms with Gasteiger partial charge in [-0.3, -0.25) is 4.79 Å². The van der Waals surface area contributed by atoms with Crippen molar-refractivity contribution in [1.82, 2.24) is 0 Å². The molecule has 1 atom stereocenters. The molecule has 1 unspecified atom stereocenters. The second kappa shape index (κ2) is 4.21. The van der Waals surface area contributed by atoms with Crippen LogP contribution in [0.25, 0.3) is 0 Å². The lowest BCUT2D eigenvalue weighted by Crippen LogP contribution is -2.44. The topological polar surface area (TPSA) is 63.6 Å². The van der Waals surface area contributed by atoms with Crippen molar-refractivity contribution in [2.45, 2.75) is 32.3 Å². The first-order chi connectivity index (χ1) is 5.46. The molecule has 12 heavy (non-hydrogen) atoms. The minimum Gasteiger partial charge on any atom is -0.467 e. The fraction of sp³-hybridized carbons (Fsp3) is 0.750. The molecule has 0 aromatic carbocycles. The van der Waals surface area contributed by atoms with Crippen molar-refractivity contribution in [3.63, 3.8) is 0 Å². The van der Waals surface area contributed by atoms with Crippen LogP contribution in [0.3, 0.4) is 0 Å². The summed E-state index contributed by atoms with van der Waals surface area (Å²) in [5.74, 6) is -1.40. The Morgan fingerprint density at radius 2 is 2.00 bits per heavy atom. The van der Waals surface area contributed by atoms with Crippen LogP contribution in [-0.2, 0) is 14.3 Å². The van der Waals surface area contributed by atoms with Crippen molar-refractivity contribution >= 4 is 11.8 Å². The molecule has 4 heteroatoms. The molecule has 0 heterocycles. The van der Waals surface area contributed by atoms with E-state index < -0.39 is 17.4 Å². The van der Waals surface area contributed by atoms with Gasteiger partial charge in [0, 0.05) is 6.42 Å². The molecule has 70 valence electrons. The lowest BCUT2D eigenvalue weighted by atomic mass is 9.98. The van der Waals surface area contributed by atoms with E-state index in [2.05, 4.69) is 4.74 Å². The summed E-state index contributed by atoms with van der Waals surface area (Å²) in [6.07, 6.45) is 0.786. The van der Waals surface area contributed by atoms with Gasteiger partial charge in [-0.2, -0.15) is 0 Å². The Balaban J connectivity index is 4.38. The largest absolute Gasteiger partial charge is 0.467 e. The minimum absolute atomic E-state index is 0.183. The van der Waals surface area contributed by atoms with Gasteiger partial charge in [0.05, 0.1) is 7.11 Å². The molecule has 0 aromatic heterocycles. The summed E-state index contributed by atoms with van der Waals surface area (Å²) in [7, 11) is 1.13. The molecule has 4 nitrogen and oxygen atoms in total. The molecule has 1 N–H and O–H groups in total. The number of ketones is 1. The molecule has 0 saturated heterocycles. The smallest absolute Gasteiger partial charge is 0.345 e. The average Bonchev–Trinajstić information content (AvgIpc) is 2.03. The van der Waals surface area contributed by atoms with Crippen molar-refractivity contribution in [3.05, 3.63) is 0 Å². The van der Waals surface area contributed by atoms with Crippen LogP contribution in [0.15, 0.2) is 0 Å². The SMILES string of the molecule is CCCC(=O)C(C)(O)C(=O)OC. The molecular weight excluding hydrogens is 160 g/mol. The number of Topliss-reactive ketones (excluding diaryl/α,β-unsaturated/α-hetero) is 1. The first-order valence-corrected chi connectivity index (χ1v) is 3.80. The number of hydrogen-bond acceptors (Lipinski definition) is 4. The number of methoxy groups -OCH3 is 1. The summed E-state index contributed by atoms with van der Waals surface area (Å²) in [5, 5.41) is 9.36. The Morgan fingerprint density at radius 1 is 1.50 bits per heavy atom. The highest BCUT2D eigenvalue weighted by Crippen LogP contribution is 2.10. The van der Waals surface area contributed by atoms with Crippen LogP contribution >= 0.6 is 0 Å². The van der Waals surface area contributed by atoms with Gasteiger partial charge in [0.2, 0.25) is 5.60 Å². The summed E-state index contributed by atoms with van der Waals surface area (Å²) in [5.41, 5.74) is -1.98. The molecule has 0 radical (unpaired) electrons. The van der Waals surface area contributed by atoms with E-state index in [4.69, 9.17) is 0 Å². The molecular formula is C8H14O4. The predicted molar refractivity (Wildman–Crippen MR) is 42.6 cm³/mol. The number of esters is 1. The number of ether oxygens (including phenoxy) is 1.